The Hall–Kier alpha value is -2.08. The quantitative estimate of drug-likeness (QED) is 0.880. The zero-order valence-electron chi connectivity index (χ0n) is 13.4. The highest BCUT2D eigenvalue weighted by Gasteiger charge is 2.26. The lowest BCUT2D eigenvalue weighted by Gasteiger charge is -2.26. The summed E-state index contributed by atoms with van der Waals surface area (Å²) >= 11 is 0. The molecule has 0 bridgehead atoms. The minimum Gasteiger partial charge on any atom is -0.373 e. The predicted octanol–water partition coefficient (Wildman–Crippen LogP) is 1.17. The van der Waals surface area contributed by atoms with E-state index in [1.54, 1.807) is 0 Å². The molecule has 22 heavy (non-hydrogen) atoms. The third-order valence-corrected chi connectivity index (χ3v) is 4.00. The number of fused-ring (bicyclic) bond motifs is 1. The first kappa shape index (κ1) is 16.3. The molecule has 0 aromatic heterocycles. The number of hydrogen-bond acceptors (Lipinski definition) is 4. The molecule has 2 rings (SSSR count). The Morgan fingerprint density at radius 2 is 2.00 bits per heavy atom. The summed E-state index contributed by atoms with van der Waals surface area (Å²) < 4.78 is 0. The molecular weight excluding hydrogens is 280 g/mol. The van der Waals surface area contributed by atoms with E-state index in [9.17, 15) is 9.59 Å². The van der Waals surface area contributed by atoms with E-state index < -0.39 is 6.03 Å². The van der Waals surface area contributed by atoms with Crippen molar-refractivity contribution in [2.75, 3.05) is 31.6 Å². The predicted molar refractivity (Wildman–Crippen MR) is 86.8 cm³/mol. The van der Waals surface area contributed by atoms with Gasteiger partial charge in [0.05, 0.1) is 6.04 Å². The first-order chi connectivity index (χ1) is 10.5. The molecule has 0 saturated carbocycles. The minimum atomic E-state index is -0.438. The van der Waals surface area contributed by atoms with Crippen LogP contribution in [0, 0.1) is 0 Å². The number of hydrogen-bond donors (Lipinski definition) is 2. The lowest BCUT2D eigenvalue weighted by molar-refractivity contribution is -0.124. The second-order valence-electron chi connectivity index (χ2n) is 5.55. The Bertz CT molecular complexity index is 547. The van der Waals surface area contributed by atoms with E-state index in [1.165, 1.54) is 11.3 Å². The molecule has 1 aliphatic rings. The average Bonchev–Trinajstić information content (AvgIpc) is 2.66. The molecule has 1 atom stereocenters. The molecule has 0 saturated heterocycles. The zero-order valence-corrected chi connectivity index (χ0v) is 13.4. The second kappa shape index (κ2) is 7.26. The molecule has 1 heterocycles. The summed E-state index contributed by atoms with van der Waals surface area (Å²) in [6.07, 6.45) is 0. The van der Waals surface area contributed by atoms with Crippen LogP contribution in [-0.2, 0) is 11.3 Å². The first-order valence-corrected chi connectivity index (χ1v) is 7.64. The van der Waals surface area contributed by atoms with E-state index in [0.717, 1.165) is 13.1 Å². The lowest BCUT2D eigenvalue weighted by atomic mass is 10.1. The summed E-state index contributed by atoms with van der Waals surface area (Å²) in [5, 5.41) is 4.96. The summed E-state index contributed by atoms with van der Waals surface area (Å²) in [5.74, 6) is -0.270. The number of para-hydroxylation sites is 1. The SMILES string of the molecule is CCNC(=O)NC(=O)C(C)N1CCN(C)c2ccccc2C1. The molecule has 1 unspecified atom stereocenters. The third-order valence-electron chi connectivity index (χ3n) is 4.00. The fourth-order valence-corrected chi connectivity index (χ4v) is 2.63. The number of benzene rings is 1. The fourth-order valence-electron chi connectivity index (χ4n) is 2.63. The number of anilines is 1. The van der Waals surface area contributed by atoms with Crippen LogP contribution >= 0.6 is 0 Å². The topological polar surface area (TPSA) is 64.7 Å². The molecular formula is C16H24N4O2. The van der Waals surface area contributed by atoms with Gasteiger partial charge in [-0.05, 0) is 25.5 Å². The van der Waals surface area contributed by atoms with Gasteiger partial charge >= 0.3 is 6.03 Å². The number of imide groups is 1. The molecule has 1 aromatic carbocycles. The van der Waals surface area contributed by atoms with Gasteiger partial charge in [0.15, 0.2) is 0 Å². The van der Waals surface area contributed by atoms with Crippen molar-refractivity contribution in [2.24, 2.45) is 0 Å². The van der Waals surface area contributed by atoms with Gasteiger partial charge in [-0.15, -0.1) is 0 Å². The van der Waals surface area contributed by atoms with E-state index in [1.807, 2.05) is 26.0 Å². The number of nitrogens with one attached hydrogen (secondary N) is 2. The van der Waals surface area contributed by atoms with Crippen molar-refractivity contribution in [3.8, 4) is 0 Å². The molecule has 1 aromatic rings. The monoisotopic (exact) mass is 304 g/mol. The van der Waals surface area contributed by atoms with E-state index in [0.29, 0.717) is 13.1 Å². The summed E-state index contributed by atoms with van der Waals surface area (Å²) in [7, 11) is 2.06. The molecule has 0 fully saturated rings. The summed E-state index contributed by atoms with van der Waals surface area (Å²) in [6.45, 7) is 6.46. The van der Waals surface area contributed by atoms with E-state index >= 15 is 0 Å². The third kappa shape index (κ3) is 3.76. The minimum absolute atomic E-state index is 0.270. The molecule has 0 spiro atoms. The van der Waals surface area contributed by atoms with Crippen LogP contribution in [0.5, 0.6) is 0 Å². The number of carbonyl (C=O) groups is 2. The van der Waals surface area contributed by atoms with Crippen LogP contribution in [0.15, 0.2) is 24.3 Å². The van der Waals surface area contributed by atoms with Gasteiger partial charge in [0.25, 0.3) is 0 Å². The van der Waals surface area contributed by atoms with Gasteiger partial charge in [-0.1, -0.05) is 18.2 Å². The Kier molecular flexibility index (Phi) is 5.38. The van der Waals surface area contributed by atoms with Gasteiger partial charge in [-0.3, -0.25) is 15.0 Å². The Labute approximate surface area is 131 Å². The molecule has 2 N–H and O–H groups in total. The largest absolute Gasteiger partial charge is 0.373 e. The van der Waals surface area contributed by atoms with Crippen LogP contribution in [-0.4, -0.2) is 49.6 Å². The molecule has 3 amide bonds. The van der Waals surface area contributed by atoms with Crippen molar-refractivity contribution in [3.63, 3.8) is 0 Å². The van der Waals surface area contributed by atoms with Crippen molar-refractivity contribution in [1.82, 2.24) is 15.5 Å². The summed E-state index contributed by atoms with van der Waals surface area (Å²) in [6, 6.07) is 7.41. The second-order valence-corrected chi connectivity index (χ2v) is 5.55. The molecule has 0 radical (unpaired) electrons. The van der Waals surface area contributed by atoms with Gasteiger partial charge in [0.2, 0.25) is 5.91 Å². The number of amides is 3. The fraction of sp³-hybridized carbons (Fsp3) is 0.500. The number of urea groups is 1. The van der Waals surface area contributed by atoms with Crippen molar-refractivity contribution in [3.05, 3.63) is 29.8 Å². The number of rotatable bonds is 3. The number of nitrogens with zero attached hydrogens (tertiary/aromatic N) is 2. The maximum absolute atomic E-state index is 12.2. The molecule has 6 heteroatoms. The molecule has 1 aliphatic heterocycles. The highest BCUT2D eigenvalue weighted by atomic mass is 16.2. The Morgan fingerprint density at radius 1 is 1.27 bits per heavy atom. The molecule has 6 nitrogen and oxygen atoms in total. The first-order valence-electron chi connectivity index (χ1n) is 7.64. The highest BCUT2D eigenvalue weighted by Crippen LogP contribution is 2.24. The van der Waals surface area contributed by atoms with Gasteiger partial charge in [-0.25, -0.2) is 4.79 Å². The van der Waals surface area contributed by atoms with E-state index in [2.05, 4.69) is 39.6 Å². The molecule has 0 aliphatic carbocycles. The zero-order chi connectivity index (χ0) is 16.1. The maximum atomic E-state index is 12.2. The van der Waals surface area contributed by atoms with E-state index in [4.69, 9.17) is 0 Å². The van der Waals surface area contributed by atoms with Crippen LogP contribution in [0.2, 0.25) is 0 Å². The maximum Gasteiger partial charge on any atom is 0.321 e. The van der Waals surface area contributed by atoms with Gasteiger partial charge in [0, 0.05) is 38.9 Å². The van der Waals surface area contributed by atoms with Crippen molar-refractivity contribution >= 4 is 17.6 Å². The Balaban J connectivity index is 2.06. The summed E-state index contributed by atoms with van der Waals surface area (Å²) in [5.41, 5.74) is 2.39. The lowest BCUT2D eigenvalue weighted by Crippen LogP contribution is -2.50. The van der Waals surface area contributed by atoms with E-state index in [-0.39, 0.29) is 11.9 Å². The normalized spacial score (nSPS) is 16.4. The van der Waals surface area contributed by atoms with Gasteiger partial charge in [-0.2, -0.15) is 0 Å². The van der Waals surface area contributed by atoms with Crippen LogP contribution in [0.1, 0.15) is 19.4 Å². The van der Waals surface area contributed by atoms with Crippen LogP contribution in [0.4, 0.5) is 10.5 Å². The van der Waals surface area contributed by atoms with Crippen molar-refractivity contribution < 1.29 is 9.59 Å². The van der Waals surface area contributed by atoms with Gasteiger partial charge < -0.3 is 10.2 Å². The average molecular weight is 304 g/mol. The number of likely N-dealkylation sites (N-methyl/N-ethyl adjacent to an activating group) is 1. The van der Waals surface area contributed by atoms with Crippen molar-refractivity contribution in [1.29, 1.82) is 0 Å². The highest BCUT2D eigenvalue weighted by molar-refractivity contribution is 5.96. The Morgan fingerprint density at radius 3 is 2.73 bits per heavy atom. The van der Waals surface area contributed by atoms with Crippen LogP contribution < -0.4 is 15.5 Å². The smallest absolute Gasteiger partial charge is 0.321 e. The molecule has 120 valence electrons. The standard InChI is InChI=1S/C16H24N4O2/c1-4-17-16(22)18-15(21)12(2)20-10-9-19(3)14-8-6-5-7-13(14)11-20/h5-8,12H,4,9-11H2,1-3H3,(H2,17,18,21,22). The van der Waals surface area contributed by atoms with Crippen LogP contribution in [0.25, 0.3) is 0 Å². The number of carbonyl (C=O) groups excluding carboxylic acids is 2. The van der Waals surface area contributed by atoms with Gasteiger partial charge in [0.1, 0.15) is 0 Å². The van der Waals surface area contributed by atoms with Crippen LogP contribution in [0.3, 0.4) is 0 Å². The summed E-state index contributed by atoms with van der Waals surface area (Å²) in [4.78, 5) is 28.0. The van der Waals surface area contributed by atoms with Crippen molar-refractivity contribution in [2.45, 2.75) is 26.4 Å².